The molecule has 106 valence electrons. The van der Waals surface area contributed by atoms with Gasteiger partial charge in [-0.25, -0.2) is 0 Å². The summed E-state index contributed by atoms with van der Waals surface area (Å²) in [6, 6.07) is 10.3. The molecule has 0 N–H and O–H groups in total. The van der Waals surface area contributed by atoms with Gasteiger partial charge < -0.3 is 4.90 Å². The summed E-state index contributed by atoms with van der Waals surface area (Å²) in [6.45, 7) is 0.622. The van der Waals surface area contributed by atoms with Crippen molar-refractivity contribution in [1.29, 1.82) is 0 Å². The van der Waals surface area contributed by atoms with Gasteiger partial charge in [0.1, 0.15) is 0 Å². The van der Waals surface area contributed by atoms with Crippen LogP contribution in [0.25, 0.3) is 0 Å². The Morgan fingerprint density at radius 3 is 2.40 bits per heavy atom. The van der Waals surface area contributed by atoms with E-state index in [9.17, 15) is 9.59 Å². The third-order valence-corrected chi connectivity index (χ3v) is 4.60. The molecular weight excluding hydrogens is 250 g/mol. The molecule has 1 saturated heterocycles. The molecule has 2 fully saturated rings. The van der Waals surface area contributed by atoms with E-state index in [1.807, 2.05) is 35.2 Å². The van der Waals surface area contributed by atoms with Crippen molar-refractivity contribution in [2.45, 2.75) is 44.6 Å². The highest BCUT2D eigenvalue weighted by atomic mass is 16.2. The summed E-state index contributed by atoms with van der Waals surface area (Å²) in [5.41, 5.74) is 1.14. The van der Waals surface area contributed by atoms with Gasteiger partial charge in [0.25, 0.3) is 5.91 Å². The summed E-state index contributed by atoms with van der Waals surface area (Å²) >= 11 is 0. The topological polar surface area (TPSA) is 37.4 Å². The molecule has 2 aliphatic rings. The lowest BCUT2D eigenvalue weighted by Gasteiger charge is -2.30. The van der Waals surface area contributed by atoms with Crippen LogP contribution >= 0.6 is 0 Å². The number of hydrogen-bond donors (Lipinski definition) is 0. The fourth-order valence-corrected chi connectivity index (χ4v) is 3.48. The molecule has 3 nitrogen and oxygen atoms in total. The zero-order valence-electron chi connectivity index (χ0n) is 11.8. The fourth-order valence-electron chi connectivity index (χ4n) is 3.48. The van der Waals surface area contributed by atoms with Crippen molar-refractivity contribution in [2.75, 3.05) is 6.54 Å². The van der Waals surface area contributed by atoms with Crippen LogP contribution in [0.4, 0.5) is 0 Å². The minimum absolute atomic E-state index is 0.146. The lowest BCUT2D eigenvalue weighted by Crippen LogP contribution is -2.38. The Morgan fingerprint density at radius 1 is 1.00 bits per heavy atom. The summed E-state index contributed by atoms with van der Waals surface area (Å²) in [6.07, 6.45) is 6.46. The molecule has 1 aliphatic carbocycles. The largest absolute Gasteiger partial charge is 0.332 e. The second kappa shape index (κ2) is 5.78. The molecule has 3 heteroatoms. The second-order valence-corrected chi connectivity index (χ2v) is 6.00. The SMILES string of the molecule is O=C1C(=O)N(C2CCCCC2)C[C@H]1Cc1ccccc1. The van der Waals surface area contributed by atoms with Gasteiger partial charge in [0.2, 0.25) is 5.78 Å². The molecule has 3 rings (SSSR count). The van der Waals surface area contributed by atoms with Crippen LogP contribution < -0.4 is 0 Å². The van der Waals surface area contributed by atoms with Crippen LogP contribution in [0, 0.1) is 5.92 Å². The van der Waals surface area contributed by atoms with Gasteiger partial charge in [-0.1, -0.05) is 49.6 Å². The first-order chi connectivity index (χ1) is 9.75. The number of nitrogens with zero attached hydrogens (tertiary/aromatic N) is 1. The maximum Gasteiger partial charge on any atom is 0.290 e. The number of amides is 1. The van der Waals surface area contributed by atoms with Crippen LogP contribution in [0.15, 0.2) is 30.3 Å². The number of ketones is 1. The minimum atomic E-state index is -0.238. The summed E-state index contributed by atoms with van der Waals surface area (Å²) < 4.78 is 0. The van der Waals surface area contributed by atoms with Crippen LogP contribution in [0.3, 0.4) is 0 Å². The molecule has 0 spiro atoms. The summed E-state index contributed by atoms with van der Waals surface area (Å²) in [5, 5.41) is 0. The van der Waals surface area contributed by atoms with E-state index in [2.05, 4.69) is 0 Å². The molecule has 20 heavy (non-hydrogen) atoms. The molecule has 1 aromatic rings. The molecule has 1 atom stereocenters. The number of carbonyl (C=O) groups is 2. The first-order valence-electron chi connectivity index (χ1n) is 7.64. The Bertz CT molecular complexity index is 491. The van der Waals surface area contributed by atoms with Crippen LogP contribution in [-0.2, 0) is 16.0 Å². The van der Waals surface area contributed by atoms with Crippen molar-refractivity contribution < 1.29 is 9.59 Å². The normalized spacial score (nSPS) is 24.4. The number of carbonyl (C=O) groups excluding carboxylic acids is 2. The average Bonchev–Trinajstić information content (AvgIpc) is 2.78. The standard InChI is InChI=1S/C17H21NO2/c19-16-14(11-13-7-3-1-4-8-13)12-18(17(16)20)15-9-5-2-6-10-15/h1,3-4,7-8,14-15H,2,5-6,9-12H2/t14-/m1/s1. The van der Waals surface area contributed by atoms with Crippen molar-refractivity contribution >= 4 is 11.7 Å². The molecule has 0 unspecified atom stereocenters. The zero-order chi connectivity index (χ0) is 13.9. The maximum absolute atomic E-state index is 12.2. The lowest BCUT2D eigenvalue weighted by molar-refractivity contribution is -0.142. The highest BCUT2D eigenvalue weighted by molar-refractivity contribution is 6.38. The lowest BCUT2D eigenvalue weighted by atomic mass is 9.94. The number of benzene rings is 1. The van der Waals surface area contributed by atoms with E-state index < -0.39 is 0 Å². The molecule has 1 saturated carbocycles. The number of Topliss-reactive ketones (excluding diaryl/α,β-unsaturated/α-hetero) is 1. The van der Waals surface area contributed by atoms with Crippen molar-refractivity contribution in [3.8, 4) is 0 Å². The minimum Gasteiger partial charge on any atom is -0.332 e. The Labute approximate surface area is 120 Å². The average molecular weight is 271 g/mol. The summed E-state index contributed by atoms with van der Waals surface area (Å²) in [7, 11) is 0. The maximum atomic E-state index is 12.2. The molecule has 0 bridgehead atoms. The van der Waals surface area contributed by atoms with Crippen LogP contribution in [0.5, 0.6) is 0 Å². The Morgan fingerprint density at radius 2 is 1.70 bits per heavy atom. The Kier molecular flexibility index (Phi) is 3.86. The monoisotopic (exact) mass is 271 g/mol. The van der Waals surface area contributed by atoms with Crippen molar-refractivity contribution in [2.24, 2.45) is 5.92 Å². The van der Waals surface area contributed by atoms with E-state index in [1.165, 1.54) is 19.3 Å². The van der Waals surface area contributed by atoms with Gasteiger partial charge >= 0.3 is 0 Å². The van der Waals surface area contributed by atoms with E-state index in [4.69, 9.17) is 0 Å². The zero-order valence-corrected chi connectivity index (χ0v) is 11.8. The van der Waals surface area contributed by atoms with Gasteiger partial charge in [-0.05, 0) is 24.8 Å². The van der Waals surface area contributed by atoms with E-state index >= 15 is 0 Å². The van der Waals surface area contributed by atoms with Crippen molar-refractivity contribution in [1.82, 2.24) is 4.90 Å². The third-order valence-electron chi connectivity index (χ3n) is 4.60. The summed E-state index contributed by atoms with van der Waals surface area (Å²) in [4.78, 5) is 26.2. The van der Waals surface area contributed by atoms with E-state index in [0.29, 0.717) is 19.0 Å². The van der Waals surface area contributed by atoms with Gasteiger partial charge in [-0.3, -0.25) is 9.59 Å². The first-order valence-corrected chi connectivity index (χ1v) is 7.64. The predicted molar refractivity (Wildman–Crippen MR) is 77.2 cm³/mol. The van der Waals surface area contributed by atoms with Crippen molar-refractivity contribution in [3.63, 3.8) is 0 Å². The number of likely N-dealkylation sites (tertiary alicyclic amines) is 1. The second-order valence-electron chi connectivity index (χ2n) is 6.00. The Balaban J connectivity index is 1.68. The van der Waals surface area contributed by atoms with Gasteiger partial charge in [-0.15, -0.1) is 0 Å². The molecule has 0 radical (unpaired) electrons. The molecule has 1 heterocycles. The fraction of sp³-hybridized carbons (Fsp3) is 0.529. The first kappa shape index (κ1) is 13.3. The molecule has 1 aromatic carbocycles. The van der Waals surface area contributed by atoms with E-state index in [1.54, 1.807) is 0 Å². The number of hydrogen-bond acceptors (Lipinski definition) is 2. The molecule has 0 aromatic heterocycles. The highest BCUT2D eigenvalue weighted by Gasteiger charge is 2.41. The Hall–Kier alpha value is -1.64. The predicted octanol–water partition coefficient (Wildman–Crippen LogP) is 2.59. The van der Waals surface area contributed by atoms with Crippen LogP contribution in [0.1, 0.15) is 37.7 Å². The van der Waals surface area contributed by atoms with Gasteiger partial charge in [0.15, 0.2) is 0 Å². The number of rotatable bonds is 3. The van der Waals surface area contributed by atoms with Gasteiger partial charge in [0.05, 0.1) is 0 Å². The van der Waals surface area contributed by atoms with Crippen molar-refractivity contribution in [3.05, 3.63) is 35.9 Å². The van der Waals surface area contributed by atoms with E-state index in [-0.39, 0.29) is 17.6 Å². The van der Waals surface area contributed by atoms with Gasteiger partial charge in [0, 0.05) is 18.5 Å². The highest BCUT2D eigenvalue weighted by Crippen LogP contribution is 2.28. The summed E-state index contributed by atoms with van der Waals surface area (Å²) in [5.74, 6) is -0.566. The van der Waals surface area contributed by atoms with E-state index in [0.717, 1.165) is 18.4 Å². The smallest absolute Gasteiger partial charge is 0.290 e. The van der Waals surface area contributed by atoms with Gasteiger partial charge in [-0.2, -0.15) is 0 Å². The molecule has 1 aliphatic heterocycles. The quantitative estimate of drug-likeness (QED) is 0.792. The molecular formula is C17H21NO2. The third kappa shape index (κ3) is 2.62. The van der Waals surface area contributed by atoms with Crippen LogP contribution in [0.2, 0.25) is 0 Å². The van der Waals surface area contributed by atoms with Crippen LogP contribution in [-0.4, -0.2) is 29.2 Å². The molecule has 1 amide bonds.